The average molecular weight is 178 g/mol. The van der Waals surface area contributed by atoms with Crippen LogP contribution in [-0.2, 0) is 4.79 Å². The second-order valence-electron chi connectivity index (χ2n) is 2.01. The molecule has 0 saturated carbocycles. The van der Waals surface area contributed by atoms with E-state index in [0.717, 1.165) is 0 Å². The molecule has 0 aliphatic carbocycles. The first-order valence-electron chi connectivity index (χ1n) is 3.70. The summed E-state index contributed by atoms with van der Waals surface area (Å²) in [5.41, 5.74) is 5.49. The van der Waals surface area contributed by atoms with Crippen molar-refractivity contribution < 1.29 is 4.79 Å². The van der Waals surface area contributed by atoms with Crippen molar-refractivity contribution in [3.05, 3.63) is 35.9 Å². The summed E-state index contributed by atoms with van der Waals surface area (Å²) in [6, 6.07) is 12.0. The van der Waals surface area contributed by atoms with Gasteiger partial charge >= 0.3 is 0 Å². The monoisotopic (exact) mass is 178 g/mol. The molecule has 0 spiro atoms. The summed E-state index contributed by atoms with van der Waals surface area (Å²) in [4.78, 5) is 8.58. The van der Waals surface area contributed by atoms with Gasteiger partial charge in [-0.25, -0.2) is 0 Å². The van der Waals surface area contributed by atoms with Gasteiger partial charge in [-0.1, -0.05) is 35.9 Å². The molecule has 13 heavy (non-hydrogen) atoms. The first-order chi connectivity index (χ1) is 6.22. The quantitative estimate of drug-likeness (QED) is 0.613. The van der Waals surface area contributed by atoms with Gasteiger partial charge in [0.2, 0.25) is 6.41 Å². The van der Waals surface area contributed by atoms with Gasteiger partial charge in [-0.15, -0.1) is 0 Å². The molecule has 0 unspecified atom stereocenters. The van der Waals surface area contributed by atoms with Gasteiger partial charge in [-0.05, 0) is 6.92 Å². The van der Waals surface area contributed by atoms with Gasteiger partial charge in [0.05, 0.1) is 6.07 Å². The van der Waals surface area contributed by atoms with E-state index in [1.54, 1.807) is 6.07 Å². The Kier molecular flexibility index (Phi) is 13.6. The molecule has 0 atom stereocenters. The lowest BCUT2D eigenvalue weighted by Crippen LogP contribution is -1.82. The third kappa shape index (κ3) is 17.8. The topological polar surface area (TPSA) is 66.9 Å². The average Bonchev–Trinajstić information content (AvgIpc) is 2.08. The molecule has 1 aromatic rings. The molecule has 1 aromatic carbocycles. The molecule has 3 nitrogen and oxygen atoms in total. The number of primary amides is 1. The summed E-state index contributed by atoms with van der Waals surface area (Å²) in [5, 5.41) is 7.32. The highest BCUT2D eigenvalue weighted by atomic mass is 16.1. The second kappa shape index (κ2) is 12.8. The Morgan fingerprint density at radius 1 is 1.38 bits per heavy atom. The first-order valence-corrected chi connectivity index (χ1v) is 3.70. The highest BCUT2D eigenvalue weighted by Crippen LogP contribution is 1.92. The third-order valence-corrected chi connectivity index (χ3v) is 0.940. The van der Waals surface area contributed by atoms with Crippen molar-refractivity contribution in [3.8, 4) is 6.07 Å². The van der Waals surface area contributed by atoms with Gasteiger partial charge in [0.15, 0.2) is 0 Å². The lowest BCUT2D eigenvalue weighted by molar-refractivity contribution is -0.106. The first kappa shape index (κ1) is 13.7. The molecule has 2 N–H and O–H groups in total. The minimum Gasteiger partial charge on any atom is -0.372 e. The zero-order chi connectivity index (χ0) is 10.5. The number of amides is 1. The lowest BCUT2D eigenvalue weighted by atomic mass is 10.2. The molecule has 0 heterocycles. The molecule has 0 bridgehead atoms. The number of rotatable bonds is 0. The Bertz CT molecular complexity index is 239. The molecule has 0 aromatic heterocycles. The molecule has 1 amide bonds. The van der Waals surface area contributed by atoms with Crippen LogP contribution in [0.4, 0.5) is 0 Å². The molecule has 3 heteroatoms. The fourth-order valence-corrected chi connectivity index (χ4v) is 0.534. The Balaban J connectivity index is 0. The van der Waals surface area contributed by atoms with Crippen LogP contribution in [0.3, 0.4) is 0 Å². The smallest absolute Gasteiger partial charge is 0.204 e. The van der Waals surface area contributed by atoms with E-state index in [-0.39, 0.29) is 6.41 Å². The highest BCUT2D eigenvalue weighted by molar-refractivity contribution is 5.42. The van der Waals surface area contributed by atoms with Crippen LogP contribution < -0.4 is 5.73 Å². The van der Waals surface area contributed by atoms with E-state index < -0.39 is 0 Å². The Labute approximate surface area is 78.8 Å². The summed E-state index contributed by atoms with van der Waals surface area (Å²) in [6.07, 6.45) is 0.250. The van der Waals surface area contributed by atoms with Crippen LogP contribution in [-0.4, -0.2) is 6.41 Å². The van der Waals surface area contributed by atoms with Crippen LogP contribution >= 0.6 is 0 Å². The van der Waals surface area contributed by atoms with E-state index >= 15 is 0 Å². The van der Waals surface area contributed by atoms with E-state index in [1.165, 1.54) is 12.5 Å². The summed E-state index contributed by atoms with van der Waals surface area (Å²) in [6.45, 7) is 3.51. The van der Waals surface area contributed by atoms with Crippen molar-refractivity contribution in [1.29, 1.82) is 5.26 Å². The summed E-state index contributed by atoms with van der Waals surface area (Å²) < 4.78 is 0. The predicted octanol–water partition coefficient (Wildman–Crippen LogP) is 1.63. The zero-order valence-corrected chi connectivity index (χ0v) is 7.90. The summed E-state index contributed by atoms with van der Waals surface area (Å²) in [5.74, 6) is 0. The van der Waals surface area contributed by atoms with Crippen LogP contribution in [0.5, 0.6) is 0 Å². The number of nitrogens with two attached hydrogens (primary N) is 1. The van der Waals surface area contributed by atoms with Gasteiger partial charge < -0.3 is 5.73 Å². The zero-order valence-electron chi connectivity index (χ0n) is 7.90. The number of hydrogen-bond acceptors (Lipinski definition) is 2. The van der Waals surface area contributed by atoms with Crippen molar-refractivity contribution in [3.63, 3.8) is 0 Å². The maximum atomic E-state index is 8.58. The van der Waals surface area contributed by atoms with Crippen molar-refractivity contribution in [1.82, 2.24) is 0 Å². The van der Waals surface area contributed by atoms with Crippen LogP contribution in [0.2, 0.25) is 0 Å². The van der Waals surface area contributed by atoms with Gasteiger partial charge in [0, 0.05) is 6.92 Å². The Morgan fingerprint density at radius 2 is 1.69 bits per heavy atom. The summed E-state index contributed by atoms with van der Waals surface area (Å²) in [7, 11) is 0. The fraction of sp³-hybridized carbons (Fsp3) is 0.200. The molecule has 0 saturated heterocycles. The molecule has 0 radical (unpaired) electrons. The Morgan fingerprint density at radius 3 is 1.85 bits per heavy atom. The minimum atomic E-state index is 0.250. The maximum absolute atomic E-state index is 8.58. The van der Waals surface area contributed by atoms with E-state index in [9.17, 15) is 0 Å². The Hall–Kier alpha value is -1.82. The van der Waals surface area contributed by atoms with E-state index in [2.05, 4.69) is 24.8 Å². The highest BCUT2D eigenvalue weighted by Gasteiger charge is 1.72. The predicted molar refractivity (Wildman–Crippen MR) is 52.7 cm³/mol. The van der Waals surface area contributed by atoms with E-state index in [1.807, 2.05) is 18.2 Å². The fourth-order valence-electron chi connectivity index (χ4n) is 0.534. The SMILES string of the molecule is CC#N.Cc1ccccc1.NC=O. The number of nitrogens with zero attached hydrogens (tertiary/aromatic N) is 1. The molecule has 70 valence electrons. The molecular formula is C10H14N2O. The lowest BCUT2D eigenvalue weighted by Gasteiger charge is -1.82. The van der Waals surface area contributed by atoms with E-state index in [4.69, 9.17) is 10.1 Å². The van der Waals surface area contributed by atoms with Crippen LogP contribution in [0.15, 0.2) is 30.3 Å². The number of aryl methyl sites for hydroxylation is 1. The van der Waals surface area contributed by atoms with Crippen LogP contribution in [0.25, 0.3) is 0 Å². The largest absolute Gasteiger partial charge is 0.372 e. The molecular weight excluding hydrogens is 164 g/mol. The standard InChI is InChI=1S/C7H8.C2H3N.CH3NO/c1-7-5-3-2-4-6-7;1-2-3;2-1-3/h2-6H,1H3;1H3;1H,(H2,2,3). The molecule has 0 fully saturated rings. The molecule has 1 rings (SSSR count). The maximum Gasteiger partial charge on any atom is 0.204 e. The third-order valence-electron chi connectivity index (χ3n) is 0.940. The van der Waals surface area contributed by atoms with Gasteiger partial charge in [0.25, 0.3) is 0 Å². The number of carbonyl (C=O) groups is 1. The van der Waals surface area contributed by atoms with E-state index in [0.29, 0.717) is 0 Å². The summed E-state index contributed by atoms with van der Waals surface area (Å²) >= 11 is 0. The normalized spacial score (nSPS) is 6.23. The number of benzene rings is 1. The number of nitriles is 1. The van der Waals surface area contributed by atoms with Crippen molar-refractivity contribution >= 4 is 6.41 Å². The van der Waals surface area contributed by atoms with Crippen molar-refractivity contribution in [2.24, 2.45) is 5.73 Å². The van der Waals surface area contributed by atoms with Crippen LogP contribution in [0.1, 0.15) is 12.5 Å². The van der Waals surface area contributed by atoms with Crippen LogP contribution in [0, 0.1) is 18.3 Å². The minimum absolute atomic E-state index is 0.250. The molecule has 0 aliphatic heterocycles. The second-order valence-corrected chi connectivity index (χ2v) is 2.01. The number of carbonyl (C=O) groups excluding carboxylic acids is 1. The molecule has 0 aliphatic rings. The van der Waals surface area contributed by atoms with Crippen molar-refractivity contribution in [2.75, 3.05) is 0 Å². The van der Waals surface area contributed by atoms with Gasteiger partial charge in [0.1, 0.15) is 0 Å². The van der Waals surface area contributed by atoms with Gasteiger partial charge in [-0.3, -0.25) is 4.79 Å². The number of hydrogen-bond donors (Lipinski definition) is 1. The van der Waals surface area contributed by atoms with Crippen molar-refractivity contribution in [2.45, 2.75) is 13.8 Å². The van der Waals surface area contributed by atoms with Gasteiger partial charge in [-0.2, -0.15) is 5.26 Å².